The standard InChI is InChI=1S/C12H16F2O2/c1-8(7-16-2)12(15)5-9-3-4-10(13)6-11(9)14/h3-4,6,8,12,15H,5,7H2,1-2H3. The normalized spacial score (nSPS) is 14.8. The van der Waals surface area contributed by atoms with Crippen LogP contribution in [0.25, 0.3) is 0 Å². The van der Waals surface area contributed by atoms with Gasteiger partial charge in [0.25, 0.3) is 0 Å². The van der Waals surface area contributed by atoms with E-state index in [9.17, 15) is 13.9 Å². The van der Waals surface area contributed by atoms with Gasteiger partial charge in [0.2, 0.25) is 0 Å². The molecule has 0 aromatic heterocycles. The monoisotopic (exact) mass is 230 g/mol. The number of halogens is 2. The molecule has 0 bridgehead atoms. The first-order valence-electron chi connectivity index (χ1n) is 5.15. The van der Waals surface area contributed by atoms with Crippen LogP contribution in [-0.4, -0.2) is 24.9 Å². The average Bonchev–Trinajstić information content (AvgIpc) is 2.22. The molecule has 2 atom stereocenters. The van der Waals surface area contributed by atoms with Gasteiger partial charge in [-0.2, -0.15) is 0 Å². The Labute approximate surface area is 93.9 Å². The van der Waals surface area contributed by atoms with E-state index in [-0.39, 0.29) is 12.3 Å². The van der Waals surface area contributed by atoms with Gasteiger partial charge in [-0.15, -0.1) is 0 Å². The van der Waals surface area contributed by atoms with E-state index < -0.39 is 17.7 Å². The molecule has 4 heteroatoms. The van der Waals surface area contributed by atoms with E-state index in [0.29, 0.717) is 12.2 Å². The quantitative estimate of drug-likeness (QED) is 0.839. The first-order chi connectivity index (χ1) is 7.54. The van der Waals surface area contributed by atoms with Gasteiger partial charge in [-0.3, -0.25) is 0 Å². The fraction of sp³-hybridized carbons (Fsp3) is 0.500. The number of hydrogen-bond donors (Lipinski definition) is 1. The van der Waals surface area contributed by atoms with Gasteiger partial charge in [-0.05, 0) is 11.6 Å². The second-order valence-corrected chi connectivity index (χ2v) is 3.94. The lowest BCUT2D eigenvalue weighted by molar-refractivity contribution is 0.0569. The third kappa shape index (κ3) is 3.54. The molecular weight excluding hydrogens is 214 g/mol. The lowest BCUT2D eigenvalue weighted by atomic mass is 9.98. The Kier molecular flexibility index (Phi) is 4.83. The van der Waals surface area contributed by atoms with E-state index >= 15 is 0 Å². The molecule has 0 fully saturated rings. The van der Waals surface area contributed by atoms with Crippen LogP contribution in [0.1, 0.15) is 12.5 Å². The van der Waals surface area contributed by atoms with Crippen molar-refractivity contribution < 1.29 is 18.6 Å². The van der Waals surface area contributed by atoms with Gasteiger partial charge in [-0.25, -0.2) is 8.78 Å². The molecule has 1 aromatic rings. The van der Waals surface area contributed by atoms with Crippen molar-refractivity contribution >= 4 is 0 Å². The van der Waals surface area contributed by atoms with Crippen LogP contribution in [-0.2, 0) is 11.2 Å². The number of methoxy groups -OCH3 is 1. The minimum absolute atomic E-state index is 0.0885. The molecular formula is C12H16F2O2. The Morgan fingerprint density at radius 3 is 2.62 bits per heavy atom. The molecule has 0 heterocycles. The highest BCUT2D eigenvalue weighted by atomic mass is 19.1. The molecule has 0 saturated carbocycles. The summed E-state index contributed by atoms with van der Waals surface area (Å²) in [5.74, 6) is -1.32. The number of benzene rings is 1. The summed E-state index contributed by atoms with van der Waals surface area (Å²) in [7, 11) is 1.54. The predicted octanol–water partition coefficient (Wildman–Crippen LogP) is 2.15. The van der Waals surface area contributed by atoms with Crippen LogP contribution in [0.4, 0.5) is 8.78 Å². The molecule has 16 heavy (non-hydrogen) atoms. The summed E-state index contributed by atoms with van der Waals surface area (Å²) in [6, 6.07) is 3.36. The average molecular weight is 230 g/mol. The zero-order chi connectivity index (χ0) is 12.1. The van der Waals surface area contributed by atoms with Gasteiger partial charge in [0.1, 0.15) is 11.6 Å². The second kappa shape index (κ2) is 5.92. The lowest BCUT2D eigenvalue weighted by Crippen LogP contribution is -2.24. The van der Waals surface area contributed by atoms with E-state index in [0.717, 1.165) is 6.07 Å². The summed E-state index contributed by atoms with van der Waals surface area (Å²) in [5.41, 5.74) is 0.317. The largest absolute Gasteiger partial charge is 0.392 e. The van der Waals surface area contributed by atoms with Gasteiger partial charge >= 0.3 is 0 Å². The maximum absolute atomic E-state index is 13.3. The summed E-state index contributed by atoms with van der Waals surface area (Å²) in [6.45, 7) is 2.22. The summed E-state index contributed by atoms with van der Waals surface area (Å²) in [4.78, 5) is 0. The molecule has 1 aromatic carbocycles. The molecule has 0 amide bonds. The third-order valence-corrected chi connectivity index (χ3v) is 2.53. The number of aliphatic hydroxyl groups is 1. The number of ether oxygens (including phenoxy) is 1. The van der Waals surface area contributed by atoms with Crippen LogP contribution in [0.5, 0.6) is 0 Å². The third-order valence-electron chi connectivity index (χ3n) is 2.53. The Balaban J connectivity index is 2.65. The summed E-state index contributed by atoms with van der Waals surface area (Å²) < 4.78 is 30.8. The summed E-state index contributed by atoms with van der Waals surface area (Å²) in [5, 5.41) is 9.76. The lowest BCUT2D eigenvalue weighted by Gasteiger charge is -2.18. The number of aliphatic hydroxyl groups excluding tert-OH is 1. The summed E-state index contributed by atoms with van der Waals surface area (Å²) >= 11 is 0. The van der Waals surface area contributed by atoms with Crippen LogP contribution in [0, 0.1) is 17.6 Å². The highest BCUT2D eigenvalue weighted by molar-refractivity contribution is 5.19. The van der Waals surface area contributed by atoms with Crippen LogP contribution in [0.2, 0.25) is 0 Å². The maximum atomic E-state index is 13.3. The first-order valence-corrected chi connectivity index (χ1v) is 5.15. The van der Waals surface area contributed by atoms with Crippen molar-refractivity contribution in [2.75, 3.05) is 13.7 Å². The molecule has 0 saturated heterocycles. The molecule has 1 rings (SSSR count). The van der Waals surface area contributed by atoms with Crippen molar-refractivity contribution in [3.8, 4) is 0 Å². The molecule has 2 unspecified atom stereocenters. The van der Waals surface area contributed by atoms with E-state index in [1.54, 1.807) is 7.11 Å². The molecule has 0 spiro atoms. The Morgan fingerprint density at radius 2 is 2.06 bits per heavy atom. The van der Waals surface area contributed by atoms with Crippen LogP contribution >= 0.6 is 0 Å². The van der Waals surface area contributed by atoms with Gasteiger partial charge in [0.05, 0.1) is 12.7 Å². The van der Waals surface area contributed by atoms with Gasteiger partial charge in [0.15, 0.2) is 0 Å². The zero-order valence-electron chi connectivity index (χ0n) is 9.41. The Bertz CT molecular complexity index is 342. The topological polar surface area (TPSA) is 29.5 Å². The van der Waals surface area contributed by atoms with Crippen LogP contribution < -0.4 is 0 Å². The molecule has 0 radical (unpaired) electrons. The molecule has 1 N–H and O–H groups in total. The highest BCUT2D eigenvalue weighted by Crippen LogP contribution is 2.15. The van der Waals surface area contributed by atoms with Crippen molar-refractivity contribution in [1.82, 2.24) is 0 Å². The molecule has 0 aliphatic heterocycles. The number of rotatable bonds is 5. The van der Waals surface area contributed by atoms with Gasteiger partial charge in [0, 0.05) is 25.5 Å². The van der Waals surface area contributed by atoms with Gasteiger partial charge < -0.3 is 9.84 Å². The van der Waals surface area contributed by atoms with E-state index in [4.69, 9.17) is 4.74 Å². The smallest absolute Gasteiger partial charge is 0.129 e. The number of hydrogen-bond acceptors (Lipinski definition) is 2. The summed E-state index contributed by atoms with van der Waals surface area (Å²) in [6.07, 6.45) is -0.531. The Hall–Kier alpha value is -1.00. The minimum atomic E-state index is -0.695. The highest BCUT2D eigenvalue weighted by Gasteiger charge is 2.16. The minimum Gasteiger partial charge on any atom is -0.392 e. The molecule has 90 valence electrons. The van der Waals surface area contributed by atoms with Crippen molar-refractivity contribution in [3.63, 3.8) is 0 Å². The van der Waals surface area contributed by atoms with Crippen molar-refractivity contribution in [3.05, 3.63) is 35.4 Å². The van der Waals surface area contributed by atoms with E-state index in [2.05, 4.69) is 0 Å². The fourth-order valence-corrected chi connectivity index (χ4v) is 1.49. The van der Waals surface area contributed by atoms with Gasteiger partial charge in [-0.1, -0.05) is 13.0 Å². The molecule has 2 nitrogen and oxygen atoms in total. The zero-order valence-corrected chi connectivity index (χ0v) is 9.41. The fourth-order valence-electron chi connectivity index (χ4n) is 1.49. The Morgan fingerprint density at radius 1 is 1.38 bits per heavy atom. The molecule has 0 aliphatic rings. The van der Waals surface area contributed by atoms with E-state index in [1.165, 1.54) is 12.1 Å². The second-order valence-electron chi connectivity index (χ2n) is 3.94. The first kappa shape index (κ1) is 13.1. The van der Waals surface area contributed by atoms with Crippen LogP contribution in [0.3, 0.4) is 0 Å². The maximum Gasteiger partial charge on any atom is 0.129 e. The van der Waals surface area contributed by atoms with Crippen molar-refractivity contribution in [2.24, 2.45) is 5.92 Å². The van der Waals surface area contributed by atoms with Crippen molar-refractivity contribution in [2.45, 2.75) is 19.4 Å². The van der Waals surface area contributed by atoms with Crippen molar-refractivity contribution in [1.29, 1.82) is 0 Å². The van der Waals surface area contributed by atoms with Crippen LogP contribution in [0.15, 0.2) is 18.2 Å². The molecule has 0 aliphatic carbocycles. The predicted molar refractivity (Wildman–Crippen MR) is 57.1 cm³/mol. The SMILES string of the molecule is COCC(C)C(O)Cc1ccc(F)cc1F. The van der Waals surface area contributed by atoms with E-state index in [1.807, 2.05) is 6.92 Å².